The van der Waals surface area contributed by atoms with Crippen LogP contribution in [0.4, 0.5) is 0 Å². The summed E-state index contributed by atoms with van der Waals surface area (Å²) in [6.07, 6.45) is 3.95. The highest BCUT2D eigenvalue weighted by Crippen LogP contribution is 2.17. The summed E-state index contributed by atoms with van der Waals surface area (Å²) >= 11 is 5.81. The zero-order chi connectivity index (χ0) is 15.9. The molecular weight excluding hydrogens is 302 g/mol. The van der Waals surface area contributed by atoms with Gasteiger partial charge in [-0.25, -0.2) is 0 Å². The molecule has 1 aliphatic rings. The van der Waals surface area contributed by atoms with Crippen molar-refractivity contribution in [2.45, 2.75) is 44.6 Å². The van der Waals surface area contributed by atoms with Gasteiger partial charge in [0.2, 0.25) is 5.91 Å². The third-order valence-electron chi connectivity index (χ3n) is 4.00. The molecule has 1 heterocycles. The normalized spacial score (nSPS) is 17.5. The number of likely N-dealkylation sites (tertiary alicyclic amines) is 1. The lowest BCUT2D eigenvalue weighted by atomic mass is 10.0. The summed E-state index contributed by atoms with van der Waals surface area (Å²) in [5, 5.41) is 0.677. The van der Waals surface area contributed by atoms with Gasteiger partial charge in [-0.15, -0.1) is 0 Å². The second kappa shape index (κ2) is 8.08. The number of benzene rings is 1. The molecule has 22 heavy (non-hydrogen) atoms. The molecule has 1 fully saturated rings. The zero-order valence-electron chi connectivity index (χ0n) is 12.5. The fraction of sp³-hybridized carbons (Fsp3) is 0.471. The van der Waals surface area contributed by atoms with E-state index < -0.39 is 0 Å². The fourth-order valence-corrected chi connectivity index (χ4v) is 2.82. The van der Waals surface area contributed by atoms with E-state index in [4.69, 9.17) is 11.6 Å². The van der Waals surface area contributed by atoms with Crippen molar-refractivity contribution in [2.75, 3.05) is 6.54 Å². The van der Waals surface area contributed by atoms with Crippen LogP contribution in [-0.4, -0.2) is 35.5 Å². The number of aryl methyl sites for hydroxylation is 1. The van der Waals surface area contributed by atoms with Crippen LogP contribution in [0, 0.1) is 0 Å². The minimum Gasteiger partial charge on any atom is -0.333 e. The lowest BCUT2D eigenvalue weighted by Gasteiger charge is -2.20. The summed E-state index contributed by atoms with van der Waals surface area (Å²) in [5.74, 6) is -0.0143. The van der Waals surface area contributed by atoms with Gasteiger partial charge in [-0.2, -0.15) is 0 Å². The van der Waals surface area contributed by atoms with Crippen molar-refractivity contribution in [1.82, 2.24) is 4.90 Å². The number of rotatable bonds is 7. The molecule has 5 heteroatoms. The van der Waals surface area contributed by atoms with Crippen LogP contribution in [0.1, 0.15) is 37.7 Å². The van der Waals surface area contributed by atoms with E-state index >= 15 is 0 Å². The predicted octanol–water partition coefficient (Wildman–Crippen LogP) is 2.81. The Morgan fingerprint density at radius 1 is 1.18 bits per heavy atom. The number of carbonyl (C=O) groups is 3. The SMILES string of the molecule is O=C[C@@H]1CCCN1C(=O)CCC(=O)CCc1ccc(Cl)cc1. The molecule has 1 aromatic carbocycles. The molecule has 1 aromatic rings. The Morgan fingerprint density at radius 3 is 2.59 bits per heavy atom. The summed E-state index contributed by atoms with van der Waals surface area (Å²) in [7, 11) is 0. The van der Waals surface area contributed by atoms with E-state index in [1.165, 1.54) is 0 Å². The summed E-state index contributed by atoms with van der Waals surface area (Å²) < 4.78 is 0. The highest BCUT2D eigenvalue weighted by atomic mass is 35.5. The third-order valence-corrected chi connectivity index (χ3v) is 4.25. The first kappa shape index (κ1) is 16.7. The van der Waals surface area contributed by atoms with Crippen molar-refractivity contribution in [1.29, 1.82) is 0 Å². The molecule has 0 aliphatic carbocycles. The number of aldehydes is 1. The van der Waals surface area contributed by atoms with E-state index in [2.05, 4.69) is 0 Å². The minimum absolute atomic E-state index is 0.0742. The Balaban J connectivity index is 1.72. The molecule has 0 N–H and O–H groups in total. The van der Waals surface area contributed by atoms with Gasteiger partial charge in [0.15, 0.2) is 0 Å². The fourth-order valence-electron chi connectivity index (χ4n) is 2.69. The quantitative estimate of drug-likeness (QED) is 0.726. The van der Waals surface area contributed by atoms with Gasteiger partial charge < -0.3 is 9.69 Å². The smallest absolute Gasteiger partial charge is 0.223 e. The molecule has 1 aliphatic heterocycles. The maximum absolute atomic E-state index is 12.0. The van der Waals surface area contributed by atoms with Crippen molar-refractivity contribution >= 4 is 29.6 Å². The summed E-state index contributed by atoms with van der Waals surface area (Å²) in [4.78, 5) is 36.4. The van der Waals surface area contributed by atoms with Crippen molar-refractivity contribution in [3.05, 3.63) is 34.9 Å². The molecule has 1 atom stereocenters. The third kappa shape index (κ3) is 4.67. The minimum atomic E-state index is -0.295. The topological polar surface area (TPSA) is 54.5 Å². The Labute approximate surface area is 135 Å². The molecule has 0 saturated carbocycles. The standard InChI is InChI=1S/C17H20ClNO3/c18-14-6-3-13(4-7-14)5-8-16(21)9-10-17(22)19-11-1-2-15(19)12-20/h3-4,6-7,12,15H,1-2,5,8-11H2/t15-/m0/s1. The van der Waals surface area contributed by atoms with Crippen LogP contribution < -0.4 is 0 Å². The first-order valence-electron chi connectivity index (χ1n) is 7.61. The second-order valence-electron chi connectivity index (χ2n) is 5.60. The Hall–Kier alpha value is -1.68. The molecule has 0 unspecified atom stereocenters. The number of carbonyl (C=O) groups excluding carboxylic acids is 3. The van der Waals surface area contributed by atoms with Gasteiger partial charge in [0, 0.05) is 30.8 Å². The Morgan fingerprint density at radius 2 is 1.91 bits per heavy atom. The molecular formula is C17H20ClNO3. The molecule has 2 rings (SSSR count). The van der Waals surface area contributed by atoms with E-state index in [0.717, 1.165) is 24.7 Å². The van der Waals surface area contributed by atoms with Crippen LogP contribution in [-0.2, 0) is 20.8 Å². The summed E-state index contributed by atoms with van der Waals surface area (Å²) in [6, 6.07) is 7.12. The van der Waals surface area contributed by atoms with Crippen molar-refractivity contribution in [2.24, 2.45) is 0 Å². The molecule has 0 aromatic heterocycles. The van der Waals surface area contributed by atoms with Crippen LogP contribution in [0.2, 0.25) is 5.02 Å². The number of halogens is 1. The highest BCUT2D eigenvalue weighted by Gasteiger charge is 2.27. The second-order valence-corrected chi connectivity index (χ2v) is 6.03. The van der Waals surface area contributed by atoms with Gasteiger partial charge in [-0.3, -0.25) is 9.59 Å². The Kier molecular flexibility index (Phi) is 6.13. The highest BCUT2D eigenvalue weighted by molar-refractivity contribution is 6.30. The zero-order valence-corrected chi connectivity index (χ0v) is 13.2. The Bertz CT molecular complexity index is 541. The maximum Gasteiger partial charge on any atom is 0.223 e. The van der Waals surface area contributed by atoms with Crippen molar-refractivity contribution < 1.29 is 14.4 Å². The number of hydrogen-bond acceptors (Lipinski definition) is 3. The summed E-state index contributed by atoms with van der Waals surface area (Å²) in [6.45, 7) is 0.626. The molecule has 0 radical (unpaired) electrons. The molecule has 0 spiro atoms. The van der Waals surface area contributed by atoms with Crippen LogP contribution in [0.3, 0.4) is 0 Å². The number of hydrogen-bond donors (Lipinski definition) is 0. The van der Waals surface area contributed by atoms with Gasteiger partial charge in [-0.05, 0) is 37.0 Å². The summed E-state index contributed by atoms with van der Waals surface area (Å²) in [5.41, 5.74) is 1.06. The van der Waals surface area contributed by atoms with Crippen molar-refractivity contribution in [3.63, 3.8) is 0 Å². The lowest BCUT2D eigenvalue weighted by molar-refractivity contribution is -0.135. The molecule has 118 valence electrons. The molecule has 1 saturated heterocycles. The van der Waals surface area contributed by atoms with E-state index in [-0.39, 0.29) is 30.6 Å². The van der Waals surface area contributed by atoms with Gasteiger partial charge in [0.05, 0.1) is 6.04 Å². The van der Waals surface area contributed by atoms with E-state index in [0.29, 0.717) is 24.4 Å². The van der Waals surface area contributed by atoms with Crippen LogP contribution in [0.25, 0.3) is 0 Å². The van der Waals surface area contributed by atoms with Gasteiger partial charge in [0.25, 0.3) is 0 Å². The number of nitrogens with zero attached hydrogens (tertiary/aromatic N) is 1. The lowest BCUT2D eigenvalue weighted by Crippen LogP contribution is -2.36. The predicted molar refractivity (Wildman–Crippen MR) is 84.8 cm³/mol. The molecule has 1 amide bonds. The number of amides is 1. The average molecular weight is 322 g/mol. The molecule has 4 nitrogen and oxygen atoms in total. The van der Waals surface area contributed by atoms with E-state index in [1.807, 2.05) is 12.1 Å². The monoisotopic (exact) mass is 321 g/mol. The number of ketones is 1. The van der Waals surface area contributed by atoms with E-state index in [9.17, 15) is 14.4 Å². The molecule has 0 bridgehead atoms. The van der Waals surface area contributed by atoms with Crippen LogP contribution >= 0.6 is 11.6 Å². The van der Waals surface area contributed by atoms with Gasteiger partial charge >= 0.3 is 0 Å². The largest absolute Gasteiger partial charge is 0.333 e. The first-order valence-corrected chi connectivity index (χ1v) is 7.99. The first-order chi connectivity index (χ1) is 10.6. The van der Waals surface area contributed by atoms with Gasteiger partial charge in [-0.1, -0.05) is 23.7 Å². The van der Waals surface area contributed by atoms with Crippen molar-refractivity contribution in [3.8, 4) is 0 Å². The van der Waals surface area contributed by atoms with E-state index in [1.54, 1.807) is 17.0 Å². The van der Waals surface area contributed by atoms with Crippen LogP contribution in [0.5, 0.6) is 0 Å². The number of Topliss-reactive ketones (excluding diaryl/α,β-unsaturated/α-hetero) is 1. The maximum atomic E-state index is 12.0. The van der Waals surface area contributed by atoms with Gasteiger partial charge in [0.1, 0.15) is 12.1 Å². The van der Waals surface area contributed by atoms with Crippen LogP contribution in [0.15, 0.2) is 24.3 Å². The average Bonchev–Trinajstić information content (AvgIpc) is 3.00.